The molecule has 0 aromatic heterocycles. The quantitative estimate of drug-likeness (QED) is 0.244. The predicted octanol–water partition coefficient (Wildman–Crippen LogP) is -0.147. The average molecular weight is 157 g/mol. The van der Waals surface area contributed by atoms with Gasteiger partial charge in [-0.15, -0.1) is 6.58 Å². The van der Waals surface area contributed by atoms with Crippen LogP contribution in [0, 0.1) is 0 Å². The van der Waals surface area contributed by atoms with E-state index in [1.54, 1.807) is 6.08 Å². The van der Waals surface area contributed by atoms with E-state index < -0.39 is 0 Å². The first-order valence-electron chi connectivity index (χ1n) is 3.51. The topological polar surface area (TPSA) is 73.6 Å². The number of guanidine groups is 1. The van der Waals surface area contributed by atoms with Gasteiger partial charge in [0, 0.05) is 0 Å². The van der Waals surface area contributed by atoms with Gasteiger partial charge in [-0.25, -0.2) is 0 Å². The Morgan fingerprint density at radius 2 is 2.18 bits per heavy atom. The molecule has 0 spiro atoms. The van der Waals surface area contributed by atoms with E-state index in [4.69, 9.17) is 16.2 Å². The monoisotopic (exact) mass is 157 g/mol. The molecule has 0 saturated heterocycles. The van der Waals surface area contributed by atoms with Crippen LogP contribution in [0.1, 0.15) is 6.42 Å². The summed E-state index contributed by atoms with van der Waals surface area (Å²) >= 11 is 0. The highest BCUT2D eigenvalue weighted by Crippen LogP contribution is 1.82. The van der Waals surface area contributed by atoms with Crippen molar-refractivity contribution in [1.82, 2.24) is 0 Å². The van der Waals surface area contributed by atoms with E-state index in [-0.39, 0.29) is 5.96 Å². The van der Waals surface area contributed by atoms with Crippen LogP contribution in [0.4, 0.5) is 0 Å². The average Bonchev–Trinajstić information content (AvgIpc) is 1.96. The first kappa shape index (κ1) is 9.97. The van der Waals surface area contributed by atoms with Crippen molar-refractivity contribution in [2.75, 3.05) is 19.8 Å². The number of rotatable bonds is 6. The summed E-state index contributed by atoms with van der Waals surface area (Å²) in [4.78, 5) is 3.74. The molecule has 0 aromatic rings. The van der Waals surface area contributed by atoms with Crippen molar-refractivity contribution < 1.29 is 4.74 Å². The lowest BCUT2D eigenvalue weighted by molar-refractivity contribution is 0.146. The Morgan fingerprint density at radius 3 is 2.73 bits per heavy atom. The highest BCUT2D eigenvalue weighted by Gasteiger charge is 1.84. The second kappa shape index (κ2) is 7.08. The minimum absolute atomic E-state index is 0.109. The van der Waals surface area contributed by atoms with Gasteiger partial charge in [-0.2, -0.15) is 0 Å². The fourth-order valence-corrected chi connectivity index (χ4v) is 0.508. The first-order chi connectivity index (χ1) is 5.27. The second-order valence-corrected chi connectivity index (χ2v) is 2.00. The molecular weight excluding hydrogens is 142 g/mol. The number of aliphatic imine (C=N–C) groups is 1. The Kier molecular flexibility index (Phi) is 6.42. The van der Waals surface area contributed by atoms with Gasteiger partial charge in [0.2, 0.25) is 0 Å². The number of nitrogens with zero attached hydrogens (tertiary/aromatic N) is 1. The molecule has 0 atom stereocenters. The summed E-state index contributed by atoms with van der Waals surface area (Å²) in [7, 11) is 0. The maximum Gasteiger partial charge on any atom is 0.185 e. The van der Waals surface area contributed by atoms with Gasteiger partial charge in [-0.3, -0.25) is 4.99 Å². The van der Waals surface area contributed by atoms with Crippen molar-refractivity contribution in [3.63, 3.8) is 0 Å². The van der Waals surface area contributed by atoms with E-state index in [1.807, 2.05) is 0 Å². The summed E-state index contributed by atoms with van der Waals surface area (Å²) in [5.74, 6) is 0.109. The maximum absolute atomic E-state index is 5.14. The molecule has 64 valence electrons. The van der Waals surface area contributed by atoms with Crippen LogP contribution in [-0.2, 0) is 4.74 Å². The fourth-order valence-electron chi connectivity index (χ4n) is 0.508. The summed E-state index contributed by atoms with van der Waals surface area (Å²) in [5, 5.41) is 0. The second-order valence-electron chi connectivity index (χ2n) is 2.00. The lowest BCUT2D eigenvalue weighted by atomic mass is 10.5. The van der Waals surface area contributed by atoms with Crippen LogP contribution < -0.4 is 11.5 Å². The number of hydrogen-bond acceptors (Lipinski definition) is 2. The summed E-state index contributed by atoms with van der Waals surface area (Å²) in [6.07, 6.45) is 2.67. The van der Waals surface area contributed by atoms with Crippen molar-refractivity contribution in [2.24, 2.45) is 16.5 Å². The molecule has 4 heteroatoms. The number of ether oxygens (including phenoxy) is 1. The molecule has 0 radical (unpaired) electrons. The minimum atomic E-state index is 0.109. The van der Waals surface area contributed by atoms with Gasteiger partial charge in [0.25, 0.3) is 0 Å². The zero-order chi connectivity index (χ0) is 8.53. The van der Waals surface area contributed by atoms with Gasteiger partial charge in [0.15, 0.2) is 5.96 Å². The lowest BCUT2D eigenvalue weighted by Gasteiger charge is -1.98. The smallest absolute Gasteiger partial charge is 0.185 e. The third-order valence-corrected chi connectivity index (χ3v) is 0.996. The molecular formula is C7H15N3O. The third kappa shape index (κ3) is 8.97. The number of hydrogen-bond donors (Lipinski definition) is 2. The Morgan fingerprint density at radius 1 is 1.45 bits per heavy atom. The van der Waals surface area contributed by atoms with Crippen molar-refractivity contribution in [3.8, 4) is 0 Å². The molecule has 0 bridgehead atoms. The van der Waals surface area contributed by atoms with Gasteiger partial charge in [0.05, 0.1) is 19.8 Å². The van der Waals surface area contributed by atoms with E-state index >= 15 is 0 Å². The Hall–Kier alpha value is -1.03. The fraction of sp³-hybridized carbons (Fsp3) is 0.571. The third-order valence-electron chi connectivity index (χ3n) is 0.996. The van der Waals surface area contributed by atoms with Crippen molar-refractivity contribution in [2.45, 2.75) is 6.42 Å². The SMILES string of the molecule is C=CCCOCCN=C(N)N. The van der Waals surface area contributed by atoms with Crippen molar-refractivity contribution >= 4 is 5.96 Å². The van der Waals surface area contributed by atoms with E-state index in [1.165, 1.54) is 0 Å². The van der Waals surface area contributed by atoms with Gasteiger partial charge >= 0.3 is 0 Å². The van der Waals surface area contributed by atoms with Gasteiger partial charge in [-0.05, 0) is 6.42 Å². The van der Waals surface area contributed by atoms with E-state index in [0.717, 1.165) is 6.42 Å². The molecule has 0 rings (SSSR count). The molecule has 11 heavy (non-hydrogen) atoms. The van der Waals surface area contributed by atoms with Crippen LogP contribution in [0.25, 0.3) is 0 Å². The van der Waals surface area contributed by atoms with E-state index in [0.29, 0.717) is 19.8 Å². The maximum atomic E-state index is 5.14. The zero-order valence-corrected chi connectivity index (χ0v) is 6.62. The highest BCUT2D eigenvalue weighted by atomic mass is 16.5. The van der Waals surface area contributed by atoms with Crippen LogP contribution in [0.5, 0.6) is 0 Å². The Balaban J connectivity index is 3.02. The van der Waals surface area contributed by atoms with E-state index in [2.05, 4.69) is 11.6 Å². The summed E-state index contributed by atoms with van der Waals surface area (Å²) in [5.41, 5.74) is 10.2. The molecule has 0 aliphatic heterocycles. The summed E-state index contributed by atoms with van der Waals surface area (Å²) in [6, 6.07) is 0. The molecule has 0 aliphatic carbocycles. The van der Waals surface area contributed by atoms with Crippen LogP contribution >= 0.6 is 0 Å². The lowest BCUT2D eigenvalue weighted by Crippen LogP contribution is -2.23. The minimum Gasteiger partial charge on any atom is -0.379 e. The van der Waals surface area contributed by atoms with E-state index in [9.17, 15) is 0 Å². The normalized spacial score (nSPS) is 9.09. The van der Waals surface area contributed by atoms with Crippen molar-refractivity contribution in [1.29, 1.82) is 0 Å². The Labute approximate surface area is 66.9 Å². The van der Waals surface area contributed by atoms with Crippen LogP contribution in [-0.4, -0.2) is 25.7 Å². The number of nitrogens with two attached hydrogens (primary N) is 2. The Bertz CT molecular complexity index is 130. The highest BCUT2D eigenvalue weighted by molar-refractivity contribution is 5.75. The molecule has 0 heterocycles. The summed E-state index contributed by atoms with van der Waals surface area (Å²) in [6.45, 7) is 5.33. The summed E-state index contributed by atoms with van der Waals surface area (Å²) < 4.78 is 5.14. The molecule has 0 unspecified atom stereocenters. The van der Waals surface area contributed by atoms with Crippen molar-refractivity contribution in [3.05, 3.63) is 12.7 Å². The molecule has 0 aliphatic rings. The van der Waals surface area contributed by atoms with Gasteiger partial charge in [-0.1, -0.05) is 6.08 Å². The van der Waals surface area contributed by atoms with Crippen LogP contribution in [0.2, 0.25) is 0 Å². The molecule has 0 amide bonds. The first-order valence-corrected chi connectivity index (χ1v) is 3.51. The standard InChI is InChI=1S/C7H15N3O/c1-2-3-5-11-6-4-10-7(8)9/h2H,1,3-6H2,(H4,8,9,10). The molecule has 0 fully saturated rings. The molecule has 4 N–H and O–H groups in total. The largest absolute Gasteiger partial charge is 0.379 e. The zero-order valence-electron chi connectivity index (χ0n) is 6.62. The molecule has 4 nitrogen and oxygen atoms in total. The molecule has 0 aromatic carbocycles. The van der Waals surface area contributed by atoms with Crippen LogP contribution in [0.15, 0.2) is 17.6 Å². The van der Waals surface area contributed by atoms with Gasteiger partial charge < -0.3 is 16.2 Å². The van der Waals surface area contributed by atoms with Crippen LogP contribution in [0.3, 0.4) is 0 Å². The molecule has 0 saturated carbocycles. The van der Waals surface area contributed by atoms with Gasteiger partial charge in [0.1, 0.15) is 0 Å². The predicted molar refractivity (Wildman–Crippen MR) is 46.3 cm³/mol.